The topological polar surface area (TPSA) is 19.4 Å². The minimum atomic E-state index is -0.00382. The summed E-state index contributed by atoms with van der Waals surface area (Å²) < 4.78 is 9.05. The number of allylic oxidation sites excluding steroid dienone is 2. The summed E-state index contributed by atoms with van der Waals surface area (Å²) in [5.41, 5.74) is 9.85. The molecule has 2 aliphatic carbocycles. The fourth-order valence-electron chi connectivity index (χ4n) is 9.43. The first-order valence-electron chi connectivity index (χ1n) is 19.6. The van der Waals surface area contributed by atoms with Crippen LogP contribution in [0.25, 0.3) is 33.1 Å². The Morgan fingerprint density at radius 1 is 0.474 bits per heavy atom. The summed E-state index contributed by atoms with van der Waals surface area (Å²) in [6.07, 6.45) is 8.94. The lowest BCUT2D eigenvalue weighted by Crippen LogP contribution is -2.44. The van der Waals surface area contributed by atoms with Gasteiger partial charge in [-0.3, -0.25) is 0 Å². The smallest absolute Gasteiger partial charge is 0.235 e. The summed E-state index contributed by atoms with van der Waals surface area (Å²) in [6, 6.07) is 66.2. The van der Waals surface area contributed by atoms with Crippen molar-refractivity contribution in [2.24, 2.45) is 0 Å². The molecule has 12 rings (SSSR count). The second-order valence-corrected chi connectivity index (χ2v) is 15.0. The third-order valence-corrected chi connectivity index (χ3v) is 11.9. The molecule has 0 bridgehead atoms. The highest BCUT2D eigenvalue weighted by Crippen LogP contribution is 2.43. The first-order valence-corrected chi connectivity index (χ1v) is 19.6. The molecule has 0 fully saturated rings. The molecule has 3 nitrogen and oxygen atoms in total. The average Bonchev–Trinajstić information content (AvgIpc) is 3.67. The summed E-state index contributed by atoms with van der Waals surface area (Å²) in [5, 5.41) is 11.9. The van der Waals surface area contributed by atoms with Crippen molar-refractivity contribution in [1.82, 2.24) is 4.58 Å². The molecule has 1 atom stereocenters. The second kappa shape index (κ2) is 12.5. The van der Waals surface area contributed by atoms with Crippen molar-refractivity contribution >= 4 is 50.4 Å². The van der Waals surface area contributed by atoms with Gasteiger partial charge < -0.3 is 9.32 Å². The van der Waals surface area contributed by atoms with Crippen LogP contribution in [-0.2, 0) is 0 Å². The molecular formula is C54H35N2O+. The van der Waals surface area contributed by atoms with Gasteiger partial charge in [0.25, 0.3) is 0 Å². The van der Waals surface area contributed by atoms with E-state index in [-0.39, 0.29) is 6.04 Å². The molecule has 3 aliphatic rings. The van der Waals surface area contributed by atoms with Crippen molar-refractivity contribution in [3.63, 3.8) is 0 Å². The van der Waals surface area contributed by atoms with E-state index in [1.807, 2.05) is 6.07 Å². The van der Waals surface area contributed by atoms with E-state index in [1.54, 1.807) is 0 Å². The zero-order valence-corrected chi connectivity index (χ0v) is 31.0. The van der Waals surface area contributed by atoms with Gasteiger partial charge in [0.2, 0.25) is 17.1 Å². The van der Waals surface area contributed by atoms with Crippen molar-refractivity contribution < 1.29 is 4.42 Å². The van der Waals surface area contributed by atoms with E-state index in [9.17, 15) is 0 Å². The van der Waals surface area contributed by atoms with Crippen LogP contribution in [0.3, 0.4) is 0 Å². The Bertz CT molecular complexity index is 3640. The van der Waals surface area contributed by atoms with Crippen LogP contribution in [0.1, 0.15) is 0 Å². The Morgan fingerprint density at radius 2 is 1.09 bits per heavy atom. The molecule has 0 spiro atoms. The predicted molar refractivity (Wildman–Crippen MR) is 233 cm³/mol. The maximum atomic E-state index is 6.58. The van der Waals surface area contributed by atoms with Crippen LogP contribution < -0.4 is 9.48 Å². The fraction of sp³-hybridized carbons (Fsp3) is 0.0185. The minimum absolute atomic E-state index is 0.00382. The second-order valence-electron chi connectivity index (χ2n) is 15.0. The van der Waals surface area contributed by atoms with Crippen LogP contribution in [0.4, 0.5) is 22.7 Å². The number of nitrogens with zero attached hydrogens (tertiary/aromatic N) is 2. The Morgan fingerprint density at radius 3 is 1.86 bits per heavy atom. The van der Waals surface area contributed by atoms with Gasteiger partial charge in [0.05, 0.1) is 0 Å². The maximum absolute atomic E-state index is 6.58. The molecule has 0 saturated heterocycles. The van der Waals surface area contributed by atoms with Gasteiger partial charge in [0.15, 0.2) is 0 Å². The monoisotopic (exact) mass is 727 g/mol. The molecule has 0 saturated carbocycles. The van der Waals surface area contributed by atoms with E-state index in [2.05, 4.69) is 210 Å². The Balaban J connectivity index is 1.29. The Hall–Kier alpha value is -7.49. The van der Waals surface area contributed by atoms with E-state index >= 15 is 0 Å². The molecule has 1 aromatic heterocycles. The number of furan rings is 1. The van der Waals surface area contributed by atoms with E-state index < -0.39 is 0 Å². The molecule has 266 valence electrons. The van der Waals surface area contributed by atoms with Crippen molar-refractivity contribution in [2.75, 3.05) is 4.90 Å². The third-order valence-electron chi connectivity index (χ3n) is 11.9. The summed E-state index contributed by atoms with van der Waals surface area (Å²) in [5.74, 6) is 0. The SMILES string of the molecule is C1=CC2=[N+](c3ccccc3)c3cc4c(cc3N(c3ccccc3)C2C=C1)=c1ccc(-c2cccc3c2oc2ccccc23)cc1=c1ccccc1=c1ccccc1=4. The van der Waals surface area contributed by atoms with Crippen LogP contribution in [0, 0.1) is 41.7 Å². The van der Waals surface area contributed by atoms with Crippen LogP contribution in [0.2, 0.25) is 0 Å². The molecule has 8 aromatic carbocycles. The third kappa shape index (κ3) is 4.82. The number of fused-ring (bicyclic) bond motifs is 9. The average molecular weight is 728 g/mol. The standard InChI is InChI=1S/C54H35N2O/c1-3-16-36(17-4-1)55-49-27-12-13-28-50(49)56(37-18-5-2-6-19-37)52-34-48-43-31-30-35(38-25-15-26-45-44-24-11-14-29-53(44)57-54(38)45)32-46(43)41-22-9-7-20-39(41)40-21-8-10-23-42(40)47(48)33-51(52)55/h1-34,50H/q+1. The number of hydrogen-bond acceptors (Lipinski definition) is 2. The molecule has 2 heterocycles. The lowest BCUT2D eigenvalue weighted by atomic mass is 9.94. The van der Waals surface area contributed by atoms with E-state index in [1.165, 1.54) is 47.5 Å². The van der Waals surface area contributed by atoms with E-state index in [0.29, 0.717) is 0 Å². The summed E-state index contributed by atoms with van der Waals surface area (Å²) in [7, 11) is 0. The quantitative estimate of drug-likeness (QED) is 0.169. The van der Waals surface area contributed by atoms with Crippen LogP contribution in [-0.4, -0.2) is 11.8 Å². The van der Waals surface area contributed by atoms with Crippen LogP contribution >= 0.6 is 0 Å². The van der Waals surface area contributed by atoms with Gasteiger partial charge in [-0.1, -0.05) is 152 Å². The number of rotatable bonds is 3. The van der Waals surface area contributed by atoms with Gasteiger partial charge in [0, 0.05) is 46.3 Å². The van der Waals surface area contributed by atoms with Gasteiger partial charge in [0.1, 0.15) is 22.9 Å². The van der Waals surface area contributed by atoms with E-state index in [4.69, 9.17) is 4.42 Å². The zero-order valence-electron chi connectivity index (χ0n) is 31.0. The van der Waals surface area contributed by atoms with Gasteiger partial charge in [-0.25, -0.2) is 0 Å². The first kappa shape index (κ1) is 31.8. The lowest BCUT2D eigenvalue weighted by Gasteiger charge is -2.35. The molecule has 57 heavy (non-hydrogen) atoms. The zero-order chi connectivity index (χ0) is 37.5. The van der Waals surface area contributed by atoms with Crippen molar-refractivity contribution in [2.45, 2.75) is 6.04 Å². The molecular weight excluding hydrogens is 693 g/mol. The highest BCUT2D eigenvalue weighted by Gasteiger charge is 2.40. The minimum Gasteiger partial charge on any atom is -0.455 e. The predicted octanol–water partition coefficient (Wildman–Crippen LogP) is 12.6. The van der Waals surface area contributed by atoms with Gasteiger partial charge in [-0.2, -0.15) is 4.58 Å². The first-order chi connectivity index (χ1) is 28.3. The van der Waals surface area contributed by atoms with Crippen LogP contribution in [0.15, 0.2) is 211 Å². The molecule has 3 heteroatoms. The lowest BCUT2D eigenvalue weighted by molar-refractivity contribution is 0.670. The summed E-state index contributed by atoms with van der Waals surface area (Å²) >= 11 is 0. The van der Waals surface area contributed by atoms with E-state index in [0.717, 1.165) is 55.8 Å². The number of para-hydroxylation sites is 4. The molecule has 0 N–H and O–H groups in total. The van der Waals surface area contributed by atoms with Crippen LogP contribution in [0.5, 0.6) is 0 Å². The van der Waals surface area contributed by atoms with Gasteiger partial charge in [-0.15, -0.1) is 0 Å². The van der Waals surface area contributed by atoms with Crippen molar-refractivity contribution in [3.05, 3.63) is 248 Å². The Labute approximate surface area is 328 Å². The highest BCUT2D eigenvalue weighted by molar-refractivity contribution is 6.12. The fourth-order valence-corrected chi connectivity index (χ4v) is 9.43. The molecule has 1 unspecified atom stereocenters. The molecule has 9 aromatic rings. The molecule has 1 aliphatic heterocycles. The maximum Gasteiger partial charge on any atom is 0.235 e. The van der Waals surface area contributed by atoms with Gasteiger partial charge >= 0.3 is 0 Å². The normalized spacial score (nSPS) is 14.9. The number of benzene rings is 8. The summed E-state index contributed by atoms with van der Waals surface area (Å²) in [6.45, 7) is 0. The van der Waals surface area contributed by atoms with Crippen molar-refractivity contribution in [1.29, 1.82) is 0 Å². The van der Waals surface area contributed by atoms with Gasteiger partial charge in [-0.05, 0) is 77.6 Å². The molecule has 0 radical (unpaired) electrons. The largest absolute Gasteiger partial charge is 0.455 e. The highest BCUT2D eigenvalue weighted by atomic mass is 16.3. The molecule has 0 amide bonds. The number of hydrogen-bond donors (Lipinski definition) is 0. The summed E-state index contributed by atoms with van der Waals surface area (Å²) in [4.78, 5) is 2.51. The Kier molecular flexibility index (Phi) is 6.99. The number of anilines is 2. The van der Waals surface area contributed by atoms with Crippen molar-refractivity contribution in [3.8, 4) is 11.1 Å².